The van der Waals surface area contributed by atoms with Gasteiger partial charge in [-0.25, -0.2) is 4.98 Å². The van der Waals surface area contributed by atoms with Crippen molar-refractivity contribution in [3.05, 3.63) is 113 Å². The molecular weight excluding hydrogens is 408 g/mol. The molecule has 1 aliphatic carbocycles. The molecule has 1 N–H and O–H groups in total. The molecule has 1 unspecified atom stereocenters. The molecule has 0 fully saturated rings. The topological polar surface area (TPSA) is 50.2 Å². The predicted octanol–water partition coefficient (Wildman–Crippen LogP) is 6.00. The molecule has 0 bridgehead atoms. The van der Waals surface area contributed by atoms with Crippen LogP contribution in [0.4, 0.5) is 17.2 Å². The van der Waals surface area contributed by atoms with E-state index in [1.165, 1.54) is 0 Å². The molecule has 2 aromatic heterocycles. The lowest BCUT2D eigenvalue weighted by molar-refractivity contribution is 0.749. The molecular formula is C28H28N4O. The van der Waals surface area contributed by atoms with Crippen LogP contribution < -0.4 is 15.6 Å². The predicted molar refractivity (Wildman–Crippen MR) is 139 cm³/mol. The van der Waals surface area contributed by atoms with E-state index in [0.29, 0.717) is 16.9 Å². The minimum atomic E-state index is -0.0585. The van der Waals surface area contributed by atoms with E-state index in [4.69, 9.17) is 4.98 Å². The van der Waals surface area contributed by atoms with Crippen molar-refractivity contribution in [2.45, 2.75) is 19.4 Å². The standard InChI is InChI=1S/C28H26N4O.H2/c1-20-25(31(2)22-14-8-4-9-15-22)18-24-26(33)19-27(30-21-12-6-3-7-13-21)32(28(24)29-20)23-16-10-5-11-17-23;/h3-14,16-19,22,30H,15H2,1-2H3;1H. The molecule has 0 aliphatic heterocycles. The number of nitrogens with one attached hydrogen (secondary N) is 1. The molecule has 5 heteroatoms. The van der Waals surface area contributed by atoms with Crippen molar-refractivity contribution >= 4 is 28.2 Å². The van der Waals surface area contributed by atoms with E-state index < -0.39 is 0 Å². The Balaban J connectivity index is 0.00000274. The summed E-state index contributed by atoms with van der Waals surface area (Å²) in [6.45, 7) is 2.00. The molecule has 1 aliphatic rings. The minimum absolute atomic E-state index is 0. The molecule has 2 aromatic carbocycles. The van der Waals surface area contributed by atoms with E-state index >= 15 is 0 Å². The van der Waals surface area contributed by atoms with E-state index in [1.54, 1.807) is 6.07 Å². The molecule has 0 amide bonds. The van der Waals surface area contributed by atoms with Crippen molar-refractivity contribution in [3.8, 4) is 5.69 Å². The molecule has 0 radical (unpaired) electrons. The fourth-order valence-electron chi connectivity index (χ4n) is 4.30. The molecule has 0 saturated heterocycles. The number of fused-ring (bicyclic) bond motifs is 1. The van der Waals surface area contributed by atoms with E-state index in [-0.39, 0.29) is 12.9 Å². The van der Waals surface area contributed by atoms with Gasteiger partial charge in [-0.05, 0) is 43.7 Å². The van der Waals surface area contributed by atoms with Gasteiger partial charge in [0.2, 0.25) is 0 Å². The average Bonchev–Trinajstić information content (AvgIpc) is 2.85. The van der Waals surface area contributed by atoms with Gasteiger partial charge in [0, 0.05) is 25.9 Å². The zero-order valence-corrected chi connectivity index (χ0v) is 18.8. The number of allylic oxidation sites excluding steroid dienone is 2. The first kappa shape index (κ1) is 20.8. The molecule has 2 heterocycles. The number of rotatable bonds is 5. The summed E-state index contributed by atoms with van der Waals surface area (Å²) in [5.41, 5.74) is 4.28. The smallest absolute Gasteiger partial charge is 0.193 e. The molecule has 1 atom stereocenters. The quantitative estimate of drug-likeness (QED) is 0.417. The van der Waals surface area contributed by atoms with Gasteiger partial charge in [-0.15, -0.1) is 0 Å². The second-order valence-electron chi connectivity index (χ2n) is 8.25. The summed E-state index contributed by atoms with van der Waals surface area (Å²) in [5, 5.41) is 4.01. The Bertz CT molecular complexity index is 1410. The molecule has 5 nitrogen and oxygen atoms in total. The molecule has 0 spiro atoms. The fraction of sp³-hybridized carbons (Fsp3) is 0.143. The summed E-state index contributed by atoms with van der Waals surface area (Å²) >= 11 is 0. The van der Waals surface area contributed by atoms with Crippen LogP contribution in [0.2, 0.25) is 0 Å². The third-order valence-electron chi connectivity index (χ3n) is 6.05. The highest BCUT2D eigenvalue weighted by atomic mass is 16.1. The Morgan fingerprint density at radius 2 is 1.76 bits per heavy atom. The van der Waals surface area contributed by atoms with Crippen LogP contribution in [0, 0.1) is 6.92 Å². The second kappa shape index (κ2) is 8.79. The maximum atomic E-state index is 13.3. The highest BCUT2D eigenvalue weighted by molar-refractivity contribution is 5.84. The Labute approximate surface area is 194 Å². The number of hydrogen-bond donors (Lipinski definition) is 1. The number of aryl methyl sites for hydroxylation is 1. The van der Waals surface area contributed by atoms with E-state index in [1.807, 2.05) is 78.2 Å². The maximum absolute atomic E-state index is 13.3. The number of aromatic nitrogens is 2. The van der Waals surface area contributed by atoms with Crippen LogP contribution in [-0.4, -0.2) is 22.6 Å². The van der Waals surface area contributed by atoms with Crippen LogP contribution in [0.25, 0.3) is 16.7 Å². The summed E-state index contributed by atoms with van der Waals surface area (Å²) in [6.07, 6.45) is 9.40. The number of benzene rings is 2. The highest BCUT2D eigenvalue weighted by Gasteiger charge is 2.19. The molecule has 5 rings (SSSR count). The van der Waals surface area contributed by atoms with Crippen molar-refractivity contribution in [1.82, 2.24) is 9.55 Å². The van der Waals surface area contributed by atoms with Crippen molar-refractivity contribution in [3.63, 3.8) is 0 Å². The number of nitrogens with zero attached hydrogens (tertiary/aromatic N) is 3. The monoisotopic (exact) mass is 436 g/mol. The number of para-hydroxylation sites is 2. The Morgan fingerprint density at radius 1 is 1.03 bits per heavy atom. The minimum Gasteiger partial charge on any atom is -0.366 e. The second-order valence-corrected chi connectivity index (χ2v) is 8.25. The van der Waals surface area contributed by atoms with Gasteiger partial charge < -0.3 is 10.2 Å². The number of anilines is 3. The molecule has 33 heavy (non-hydrogen) atoms. The number of hydrogen-bond acceptors (Lipinski definition) is 4. The number of pyridine rings is 2. The lowest BCUT2D eigenvalue weighted by atomic mass is 10.1. The third-order valence-corrected chi connectivity index (χ3v) is 6.05. The zero-order valence-electron chi connectivity index (χ0n) is 18.8. The highest BCUT2D eigenvalue weighted by Crippen LogP contribution is 2.29. The van der Waals surface area contributed by atoms with E-state index in [0.717, 1.165) is 29.2 Å². The summed E-state index contributed by atoms with van der Waals surface area (Å²) in [5.74, 6) is 0.679. The molecule has 0 saturated carbocycles. The molecule has 4 aromatic rings. The van der Waals surface area contributed by atoms with Crippen LogP contribution in [0.1, 0.15) is 13.5 Å². The third kappa shape index (κ3) is 4.05. The van der Waals surface area contributed by atoms with Gasteiger partial charge in [-0.2, -0.15) is 0 Å². The van der Waals surface area contributed by atoms with Crippen LogP contribution in [0.15, 0.2) is 102 Å². The first-order chi connectivity index (χ1) is 16.1. The van der Waals surface area contributed by atoms with Crippen LogP contribution in [0.5, 0.6) is 0 Å². The lowest BCUT2D eigenvalue weighted by Gasteiger charge is -2.29. The Hall–Kier alpha value is -4.12. The summed E-state index contributed by atoms with van der Waals surface area (Å²) in [7, 11) is 2.06. The van der Waals surface area contributed by atoms with Crippen molar-refractivity contribution < 1.29 is 1.43 Å². The lowest BCUT2D eigenvalue weighted by Crippen LogP contribution is -2.31. The maximum Gasteiger partial charge on any atom is 0.193 e. The van der Waals surface area contributed by atoms with Gasteiger partial charge in [-0.1, -0.05) is 60.7 Å². The SMILES string of the molecule is Cc1nc2c(cc1N(C)C1C=CC=CC1)c(=O)cc(Nc1ccccc1)n2-c1ccccc1.[HH]. The number of likely N-dealkylation sites (N-methyl/N-ethyl adjacent to an activating group) is 1. The van der Waals surface area contributed by atoms with Crippen molar-refractivity contribution in [2.75, 3.05) is 17.3 Å². The average molecular weight is 437 g/mol. The van der Waals surface area contributed by atoms with Gasteiger partial charge in [-0.3, -0.25) is 9.36 Å². The largest absolute Gasteiger partial charge is 0.366 e. The van der Waals surface area contributed by atoms with Gasteiger partial charge in [0.1, 0.15) is 11.5 Å². The Morgan fingerprint density at radius 3 is 2.45 bits per heavy atom. The van der Waals surface area contributed by atoms with Crippen LogP contribution in [-0.2, 0) is 0 Å². The Kier molecular flexibility index (Phi) is 5.53. The normalized spacial score (nSPS) is 15.0. The van der Waals surface area contributed by atoms with E-state index in [2.05, 4.69) is 41.6 Å². The molecule has 166 valence electrons. The van der Waals surface area contributed by atoms with Crippen molar-refractivity contribution in [2.24, 2.45) is 0 Å². The van der Waals surface area contributed by atoms with Gasteiger partial charge in [0.15, 0.2) is 5.43 Å². The first-order valence-electron chi connectivity index (χ1n) is 11.1. The van der Waals surface area contributed by atoms with Gasteiger partial charge in [0.05, 0.1) is 22.8 Å². The zero-order chi connectivity index (χ0) is 22.8. The first-order valence-corrected chi connectivity index (χ1v) is 11.1. The van der Waals surface area contributed by atoms with Gasteiger partial charge in [0.25, 0.3) is 0 Å². The van der Waals surface area contributed by atoms with Crippen LogP contribution >= 0.6 is 0 Å². The summed E-state index contributed by atoms with van der Waals surface area (Å²) < 4.78 is 2.02. The van der Waals surface area contributed by atoms with E-state index in [9.17, 15) is 4.79 Å². The van der Waals surface area contributed by atoms with Crippen LogP contribution in [0.3, 0.4) is 0 Å². The summed E-state index contributed by atoms with van der Waals surface area (Å²) in [6, 6.07) is 23.8. The van der Waals surface area contributed by atoms with Gasteiger partial charge >= 0.3 is 0 Å². The van der Waals surface area contributed by atoms with Crippen molar-refractivity contribution in [1.29, 1.82) is 0 Å². The summed E-state index contributed by atoms with van der Waals surface area (Å²) in [4.78, 5) is 20.5. The fourth-order valence-corrected chi connectivity index (χ4v) is 4.30.